The fourth-order valence-corrected chi connectivity index (χ4v) is 4.76. The van der Waals surface area contributed by atoms with Gasteiger partial charge < -0.3 is 14.6 Å². The molecule has 1 saturated carbocycles. The van der Waals surface area contributed by atoms with Crippen LogP contribution in [0.25, 0.3) is 11.1 Å². The molecule has 4 nitrogen and oxygen atoms in total. The van der Waals surface area contributed by atoms with Gasteiger partial charge in [0, 0.05) is 24.2 Å². The minimum absolute atomic E-state index is 0.0175. The number of benzene rings is 2. The van der Waals surface area contributed by atoms with E-state index in [2.05, 4.69) is 4.98 Å². The first-order valence-corrected chi connectivity index (χ1v) is 12.1. The van der Waals surface area contributed by atoms with Gasteiger partial charge in [0.25, 0.3) is 0 Å². The van der Waals surface area contributed by atoms with Crippen molar-refractivity contribution in [1.82, 2.24) is 4.98 Å². The van der Waals surface area contributed by atoms with Crippen LogP contribution >= 0.6 is 0 Å². The Bertz CT molecular complexity index is 1330. The van der Waals surface area contributed by atoms with Gasteiger partial charge in [-0.1, -0.05) is 6.07 Å². The van der Waals surface area contributed by atoms with E-state index in [9.17, 15) is 27.1 Å². The van der Waals surface area contributed by atoms with Gasteiger partial charge in [-0.2, -0.15) is 13.2 Å². The van der Waals surface area contributed by atoms with E-state index >= 15 is 0 Å². The molecule has 2 aromatic carbocycles. The highest BCUT2D eigenvalue weighted by molar-refractivity contribution is 5.70. The largest absolute Gasteiger partial charge is 0.490 e. The summed E-state index contributed by atoms with van der Waals surface area (Å²) in [6.07, 6.45) is -0.765. The molecule has 0 saturated heterocycles. The minimum atomic E-state index is -4.86. The van der Waals surface area contributed by atoms with E-state index < -0.39 is 29.0 Å². The van der Waals surface area contributed by atoms with E-state index in [0.717, 1.165) is 24.1 Å². The summed E-state index contributed by atoms with van der Waals surface area (Å²) in [5.41, 5.74) is -0.472. The normalized spacial score (nSPS) is 18.4. The van der Waals surface area contributed by atoms with E-state index in [4.69, 9.17) is 9.47 Å². The predicted molar refractivity (Wildman–Crippen MR) is 126 cm³/mol. The lowest BCUT2D eigenvalue weighted by Gasteiger charge is -2.18. The van der Waals surface area contributed by atoms with E-state index in [1.807, 2.05) is 0 Å². The van der Waals surface area contributed by atoms with Crippen LogP contribution in [0, 0.1) is 17.6 Å². The van der Waals surface area contributed by atoms with Crippen molar-refractivity contribution in [2.75, 3.05) is 6.61 Å². The Hall–Kier alpha value is -3.20. The Morgan fingerprint density at radius 3 is 2.51 bits per heavy atom. The lowest BCUT2D eigenvalue weighted by atomic mass is 9.96. The molecule has 0 aliphatic heterocycles. The summed E-state index contributed by atoms with van der Waals surface area (Å²) in [6, 6.07) is 6.65. The molecule has 1 heterocycles. The minimum Gasteiger partial charge on any atom is -0.490 e. The van der Waals surface area contributed by atoms with Crippen molar-refractivity contribution in [2.45, 2.75) is 57.4 Å². The molecule has 9 heteroatoms. The van der Waals surface area contributed by atoms with Crippen LogP contribution in [-0.2, 0) is 19.2 Å². The van der Waals surface area contributed by atoms with Crippen molar-refractivity contribution in [2.24, 2.45) is 5.92 Å². The van der Waals surface area contributed by atoms with Crippen LogP contribution in [0.4, 0.5) is 22.0 Å². The maximum absolute atomic E-state index is 14.7. The molecule has 0 amide bonds. The number of rotatable bonds is 8. The number of fused-ring (bicyclic) bond motifs is 3. The Morgan fingerprint density at radius 2 is 1.81 bits per heavy atom. The fraction of sp³-hybridized carbons (Fsp3) is 0.393. The average molecular weight is 520 g/mol. The van der Waals surface area contributed by atoms with Crippen molar-refractivity contribution in [3.63, 3.8) is 0 Å². The van der Waals surface area contributed by atoms with E-state index in [1.54, 1.807) is 26.1 Å². The second-order valence-electron chi connectivity index (χ2n) is 10.4. The molecule has 2 aliphatic carbocycles. The van der Waals surface area contributed by atoms with Crippen LogP contribution in [-0.4, -0.2) is 22.3 Å². The smallest absolute Gasteiger partial charge is 0.417 e. The molecule has 37 heavy (non-hydrogen) atoms. The van der Waals surface area contributed by atoms with E-state index in [1.165, 1.54) is 24.1 Å². The van der Waals surface area contributed by atoms with Crippen LogP contribution in [0.5, 0.6) is 11.6 Å². The molecule has 2 unspecified atom stereocenters. The Labute approximate surface area is 211 Å². The molecule has 0 radical (unpaired) electrons. The summed E-state index contributed by atoms with van der Waals surface area (Å²) in [5, 5.41) is 9.76. The van der Waals surface area contributed by atoms with Crippen LogP contribution in [0.3, 0.4) is 0 Å². The van der Waals surface area contributed by atoms with Crippen molar-refractivity contribution in [1.29, 1.82) is 0 Å². The zero-order valence-electron chi connectivity index (χ0n) is 20.3. The maximum Gasteiger partial charge on any atom is 0.417 e. The molecule has 0 bridgehead atoms. The van der Waals surface area contributed by atoms with Crippen LogP contribution in [0.1, 0.15) is 54.9 Å². The van der Waals surface area contributed by atoms with Gasteiger partial charge in [-0.05, 0) is 85.0 Å². The topological polar surface area (TPSA) is 51.6 Å². The quantitative estimate of drug-likeness (QED) is 0.332. The number of hydrogen-bond acceptors (Lipinski definition) is 4. The number of halogens is 5. The summed E-state index contributed by atoms with van der Waals surface area (Å²) in [5.74, 6) is -0.618. The van der Waals surface area contributed by atoms with Gasteiger partial charge >= 0.3 is 6.18 Å². The summed E-state index contributed by atoms with van der Waals surface area (Å²) in [4.78, 5) is 4.27. The molecule has 0 spiro atoms. The van der Waals surface area contributed by atoms with Crippen LogP contribution in [0.2, 0.25) is 0 Å². The number of hydrogen-bond donors (Lipinski definition) is 1. The predicted octanol–water partition coefficient (Wildman–Crippen LogP) is 6.82. The third-order valence-corrected chi connectivity index (χ3v) is 6.89. The molecule has 5 rings (SSSR count). The number of pyridine rings is 1. The highest BCUT2D eigenvalue weighted by Crippen LogP contribution is 2.56. The van der Waals surface area contributed by atoms with Gasteiger partial charge in [0.1, 0.15) is 12.4 Å². The first kappa shape index (κ1) is 25.4. The third kappa shape index (κ3) is 5.56. The molecule has 2 aliphatic rings. The van der Waals surface area contributed by atoms with Crippen molar-refractivity contribution in [3.8, 4) is 22.8 Å². The molecule has 196 valence electrons. The third-order valence-electron chi connectivity index (χ3n) is 6.89. The summed E-state index contributed by atoms with van der Waals surface area (Å²) in [6.45, 7) is 2.83. The Kier molecular flexibility index (Phi) is 6.38. The number of ether oxygens (including phenoxy) is 2. The summed E-state index contributed by atoms with van der Waals surface area (Å²) in [7, 11) is 0. The standard InChI is InChI=1S/C28H26F5NO3/c1-27(2,35)5-6-36-25-4-3-15(10-24(25)30)20-9-18(23(29)12-22(20)28(31,32)33)14-37-26-11-17-7-16-8-19(16)21(17)13-34-26/h3-4,9-13,16,19,35H,5-8,14H2,1-2H3. The van der Waals surface area contributed by atoms with E-state index in [0.29, 0.717) is 17.9 Å². The van der Waals surface area contributed by atoms with Gasteiger partial charge in [-0.25, -0.2) is 13.8 Å². The van der Waals surface area contributed by atoms with Crippen molar-refractivity contribution in [3.05, 3.63) is 76.5 Å². The fourth-order valence-electron chi connectivity index (χ4n) is 4.76. The van der Waals surface area contributed by atoms with Crippen molar-refractivity contribution >= 4 is 0 Å². The number of nitrogens with zero attached hydrogens (tertiary/aromatic N) is 1. The van der Waals surface area contributed by atoms with Gasteiger partial charge in [-0.3, -0.25) is 0 Å². The Morgan fingerprint density at radius 1 is 1.03 bits per heavy atom. The van der Waals surface area contributed by atoms with Gasteiger partial charge in [-0.15, -0.1) is 0 Å². The Balaban J connectivity index is 1.39. The first-order chi connectivity index (χ1) is 17.4. The molecule has 1 aromatic heterocycles. The first-order valence-electron chi connectivity index (χ1n) is 12.1. The zero-order valence-corrected chi connectivity index (χ0v) is 20.3. The zero-order chi connectivity index (χ0) is 26.5. The van der Waals surface area contributed by atoms with Crippen LogP contribution < -0.4 is 9.47 Å². The number of aliphatic hydroxyl groups is 1. The lowest BCUT2D eigenvalue weighted by molar-refractivity contribution is -0.137. The molecular weight excluding hydrogens is 493 g/mol. The molecule has 1 N–H and O–H groups in total. The van der Waals surface area contributed by atoms with Gasteiger partial charge in [0.15, 0.2) is 11.6 Å². The van der Waals surface area contributed by atoms with Crippen LogP contribution in [0.15, 0.2) is 42.6 Å². The summed E-state index contributed by atoms with van der Waals surface area (Å²) < 4.78 is 81.7. The molecule has 3 aromatic rings. The SMILES string of the molecule is CC(C)(O)CCOc1ccc(-c2cc(COc3cc4c(cn3)C3CC3C4)c(F)cc2C(F)(F)F)cc1F. The highest BCUT2D eigenvalue weighted by atomic mass is 19.4. The van der Waals surface area contributed by atoms with E-state index in [-0.39, 0.29) is 48.0 Å². The maximum atomic E-state index is 14.7. The van der Waals surface area contributed by atoms with Crippen molar-refractivity contribution < 1.29 is 36.5 Å². The molecular formula is C28H26F5NO3. The monoisotopic (exact) mass is 519 g/mol. The second kappa shape index (κ2) is 9.28. The van der Waals surface area contributed by atoms with Gasteiger partial charge in [0.05, 0.1) is 17.8 Å². The molecule has 2 atom stereocenters. The average Bonchev–Trinajstić information content (AvgIpc) is 3.48. The summed E-state index contributed by atoms with van der Waals surface area (Å²) >= 11 is 0. The lowest BCUT2D eigenvalue weighted by Crippen LogP contribution is -2.21. The second-order valence-corrected chi connectivity index (χ2v) is 10.4. The number of alkyl halides is 3. The van der Waals surface area contributed by atoms with Gasteiger partial charge in [0.2, 0.25) is 5.88 Å². The molecule has 1 fully saturated rings. The number of aromatic nitrogens is 1. The highest BCUT2D eigenvalue weighted by Gasteiger charge is 2.45.